The molecule has 0 aliphatic carbocycles. The molecule has 0 atom stereocenters. The van der Waals surface area contributed by atoms with Crippen molar-refractivity contribution < 1.29 is 0 Å². The van der Waals surface area contributed by atoms with Crippen LogP contribution in [0.3, 0.4) is 0 Å². The van der Waals surface area contributed by atoms with E-state index in [4.69, 9.17) is 0 Å². The minimum Gasteiger partial charge on any atom is -0.249 e. The van der Waals surface area contributed by atoms with Crippen molar-refractivity contribution in [3.05, 3.63) is 11.4 Å². The Bertz CT molecular complexity index is 377. The number of aryl methyl sites for hydroxylation is 1. The monoisotopic (exact) mass is 251 g/mol. The number of rotatable bonds is 4. The quantitative estimate of drug-likeness (QED) is 0.811. The van der Waals surface area contributed by atoms with Crippen LogP contribution < -0.4 is 0 Å². The zero-order valence-electron chi connectivity index (χ0n) is 13.2. The zero-order chi connectivity index (χ0) is 14.0. The zero-order valence-corrected chi connectivity index (χ0v) is 13.2. The largest absolute Gasteiger partial charge is 0.249 e. The SMILES string of the molecule is CCCCn1nnc(C(C)(C)C)c1CC(C)(C)C. The van der Waals surface area contributed by atoms with Crippen LogP contribution in [-0.2, 0) is 18.4 Å². The smallest absolute Gasteiger partial charge is 0.0912 e. The summed E-state index contributed by atoms with van der Waals surface area (Å²) in [4.78, 5) is 0. The van der Waals surface area contributed by atoms with Gasteiger partial charge in [-0.05, 0) is 18.3 Å². The van der Waals surface area contributed by atoms with Gasteiger partial charge in [0.25, 0.3) is 0 Å². The first-order chi connectivity index (χ1) is 8.15. The fraction of sp³-hybridized carbons (Fsp3) is 0.867. The summed E-state index contributed by atoms with van der Waals surface area (Å²) in [6.07, 6.45) is 3.40. The molecule has 0 fully saturated rings. The molecule has 1 heterocycles. The fourth-order valence-electron chi connectivity index (χ4n) is 2.08. The van der Waals surface area contributed by atoms with Crippen molar-refractivity contribution in [2.75, 3.05) is 0 Å². The molecule has 1 aromatic heterocycles. The van der Waals surface area contributed by atoms with E-state index in [2.05, 4.69) is 63.5 Å². The summed E-state index contributed by atoms with van der Waals surface area (Å²) in [6, 6.07) is 0. The van der Waals surface area contributed by atoms with Crippen LogP contribution in [0, 0.1) is 5.41 Å². The first kappa shape index (κ1) is 15.2. The molecule has 0 amide bonds. The lowest BCUT2D eigenvalue weighted by Gasteiger charge is -2.23. The van der Waals surface area contributed by atoms with E-state index >= 15 is 0 Å². The minimum atomic E-state index is 0.0745. The third-order valence-corrected chi connectivity index (χ3v) is 2.97. The normalized spacial score (nSPS) is 13.1. The molecule has 18 heavy (non-hydrogen) atoms. The number of unbranched alkanes of at least 4 members (excludes halogenated alkanes) is 1. The molecule has 3 nitrogen and oxygen atoms in total. The van der Waals surface area contributed by atoms with Gasteiger partial charge in [-0.1, -0.05) is 60.1 Å². The average Bonchev–Trinajstić information content (AvgIpc) is 2.54. The summed E-state index contributed by atoms with van der Waals surface area (Å²) in [6.45, 7) is 16.7. The summed E-state index contributed by atoms with van der Waals surface area (Å²) in [5.74, 6) is 0. The van der Waals surface area contributed by atoms with E-state index in [1.165, 1.54) is 18.5 Å². The fourth-order valence-corrected chi connectivity index (χ4v) is 2.08. The Morgan fingerprint density at radius 2 is 1.67 bits per heavy atom. The molecule has 0 aliphatic rings. The van der Waals surface area contributed by atoms with Crippen molar-refractivity contribution in [2.45, 2.75) is 79.7 Å². The van der Waals surface area contributed by atoms with E-state index in [0.717, 1.165) is 18.7 Å². The second-order valence-electron chi connectivity index (χ2n) is 7.45. The molecule has 0 unspecified atom stereocenters. The van der Waals surface area contributed by atoms with E-state index in [-0.39, 0.29) is 10.8 Å². The van der Waals surface area contributed by atoms with Gasteiger partial charge in [-0.25, -0.2) is 4.68 Å². The van der Waals surface area contributed by atoms with Gasteiger partial charge in [0.15, 0.2) is 0 Å². The number of nitrogens with zero attached hydrogens (tertiary/aromatic N) is 3. The Kier molecular flexibility index (Phi) is 4.57. The van der Waals surface area contributed by atoms with Crippen LogP contribution in [0.4, 0.5) is 0 Å². The lowest BCUT2D eigenvalue weighted by atomic mass is 9.84. The average molecular weight is 251 g/mol. The second kappa shape index (κ2) is 5.41. The first-order valence-corrected chi connectivity index (χ1v) is 7.08. The van der Waals surface area contributed by atoms with Gasteiger partial charge in [-0.2, -0.15) is 0 Å². The Hall–Kier alpha value is -0.860. The van der Waals surface area contributed by atoms with Crippen molar-refractivity contribution in [1.82, 2.24) is 15.0 Å². The highest BCUT2D eigenvalue weighted by atomic mass is 15.4. The predicted molar refractivity (Wildman–Crippen MR) is 76.8 cm³/mol. The topological polar surface area (TPSA) is 30.7 Å². The van der Waals surface area contributed by atoms with Crippen molar-refractivity contribution in [2.24, 2.45) is 5.41 Å². The van der Waals surface area contributed by atoms with E-state index in [0.29, 0.717) is 0 Å². The lowest BCUT2D eigenvalue weighted by Crippen LogP contribution is -2.20. The van der Waals surface area contributed by atoms with Crippen molar-refractivity contribution in [1.29, 1.82) is 0 Å². The van der Waals surface area contributed by atoms with Crippen LogP contribution >= 0.6 is 0 Å². The summed E-state index contributed by atoms with van der Waals surface area (Å²) in [5.41, 5.74) is 2.83. The maximum atomic E-state index is 4.44. The second-order valence-corrected chi connectivity index (χ2v) is 7.45. The number of hydrogen-bond donors (Lipinski definition) is 0. The van der Waals surface area contributed by atoms with Gasteiger partial charge in [0.1, 0.15) is 0 Å². The van der Waals surface area contributed by atoms with Gasteiger partial charge in [-0.3, -0.25) is 0 Å². The van der Waals surface area contributed by atoms with Crippen LogP contribution in [-0.4, -0.2) is 15.0 Å². The molecule has 0 N–H and O–H groups in total. The molecule has 104 valence electrons. The van der Waals surface area contributed by atoms with Gasteiger partial charge < -0.3 is 0 Å². The van der Waals surface area contributed by atoms with Crippen LogP contribution in [0.2, 0.25) is 0 Å². The molecular weight excluding hydrogens is 222 g/mol. The lowest BCUT2D eigenvalue weighted by molar-refractivity contribution is 0.384. The molecule has 0 aliphatic heterocycles. The maximum Gasteiger partial charge on any atom is 0.0912 e. The van der Waals surface area contributed by atoms with Crippen molar-refractivity contribution in [3.63, 3.8) is 0 Å². The van der Waals surface area contributed by atoms with E-state index in [1.807, 2.05) is 0 Å². The molecular formula is C15H29N3. The Morgan fingerprint density at radius 3 is 2.11 bits per heavy atom. The molecule has 0 aromatic carbocycles. The van der Waals surface area contributed by atoms with Gasteiger partial charge in [0, 0.05) is 12.0 Å². The first-order valence-electron chi connectivity index (χ1n) is 7.08. The molecule has 0 spiro atoms. The van der Waals surface area contributed by atoms with Gasteiger partial charge >= 0.3 is 0 Å². The molecule has 0 bridgehead atoms. The van der Waals surface area contributed by atoms with Gasteiger partial charge in [0.2, 0.25) is 0 Å². The van der Waals surface area contributed by atoms with Gasteiger partial charge in [0.05, 0.1) is 11.4 Å². The summed E-state index contributed by atoms with van der Waals surface area (Å²) in [7, 11) is 0. The third kappa shape index (κ3) is 4.11. The number of hydrogen-bond acceptors (Lipinski definition) is 2. The molecule has 1 aromatic rings. The number of aromatic nitrogens is 3. The summed E-state index contributed by atoms with van der Waals surface area (Å²) >= 11 is 0. The van der Waals surface area contributed by atoms with Crippen LogP contribution in [0.5, 0.6) is 0 Å². The summed E-state index contributed by atoms with van der Waals surface area (Å²) in [5, 5.41) is 8.81. The third-order valence-electron chi connectivity index (χ3n) is 2.97. The highest BCUT2D eigenvalue weighted by Crippen LogP contribution is 2.29. The van der Waals surface area contributed by atoms with Crippen molar-refractivity contribution >= 4 is 0 Å². The Balaban J connectivity index is 3.09. The maximum absolute atomic E-state index is 4.44. The highest BCUT2D eigenvalue weighted by Gasteiger charge is 2.27. The highest BCUT2D eigenvalue weighted by molar-refractivity contribution is 5.20. The minimum absolute atomic E-state index is 0.0745. The molecule has 0 saturated heterocycles. The Morgan fingerprint density at radius 1 is 1.06 bits per heavy atom. The van der Waals surface area contributed by atoms with Crippen LogP contribution in [0.1, 0.15) is 72.7 Å². The molecule has 0 radical (unpaired) electrons. The van der Waals surface area contributed by atoms with Crippen LogP contribution in [0.25, 0.3) is 0 Å². The van der Waals surface area contributed by atoms with E-state index in [9.17, 15) is 0 Å². The molecule has 1 rings (SSSR count). The molecule has 3 heteroatoms. The van der Waals surface area contributed by atoms with E-state index < -0.39 is 0 Å². The van der Waals surface area contributed by atoms with Gasteiger partial charge in [-0.15, -0.1) is 5.10 Å². The van der Waals surface area contributed by atoms with Crippen molar-refractivity contribution in [3.8, 4) is 0 Å². The standard InChI is InChI=1S/C15H29N3/c1-8-9-10-18-12(11-14(2,3)4)13(16-17-18)15(5,6)7/h8-11H2,1-7H3. The van der Waals surface area contributed by atoms with E-state index in [1.54, 1.807) is 0 Å². The summed E-state index contributed by atoms with van der Waals surface area (Å²) < 4.78 is 2.12. The molecule has 0 saturated carbocycles. The van der Waals surface area contributed by atoms with Crippen LogP contribution in [0.15, 0.2) is 0 Å². The predicted octanol–water partition coefficient (Wildman–Crippen LogP) is 3.96. The Labute approximate surface area is 112 Å².